The minimum Gasteiger partial charge on any atom is -0.396 e. The van der Waals surface area contributed by atoms with Gasteiger partial charge < -0.3 is 10.4 Å². The summed E-state index contributed by atoms with van der Waals surface area (Å²) in [5, 5.41) is 11.5. The normalized spacial score (nSPS) is 10.1. The number of carbonyl (C=O) groups is 1. The van der Waals surface area contributed by atoms with E-state index in [1.807, 2.05) is 0 Å². The van der Waals surface area contributed by atoms with Gasteiger partial charge in [0.1, 0.15) is 0 Å². The fourth-order valence-corrected chi connectivity index (χ4v) is 1.90. The lowest BCUT2D eigenvalue weighted by Gasteiger charge is -2.05. The third kappa shape index (κ3) is 4.83. The molecule has 4 nitrogen and oxygen atoms in total. The first kappa shape index (κ1) is 13.3. The highest BCUT2D eigenvalue weighted by molar-refractivity contribution is 7.99. The van der Waals surface area contributed by atoms with Crippen LogP contribution in [0.4, 0.5) is 5.69 Å². The summed E-state index contributed by atoms with van der Waals surface area (Å²) >= 11 is 7.26. The molecule has 2 N–H and O–H groups in total. The Kier molecular flexibility index (Phi) is 6.22. The van der Waals surface area contributed by atoms with Gasteiger partial charge in [-0.3, -0.25) is 4.79 Å². The third-order valence-electron chi connectivity index (χ3n) is 1.71. The van der Waals surface area contributed by atoms with Gasteiger partial charge in [0, 0.05) is 12.8 Å². The van der Waals surface area contributed by atoms with Gasteiger partial charge in [-0.05, 0) is 24.3 Å². The number of pyridine rings is 1. The molecule has 16 heavy (non-hydrogen) atoms. The van der Waals surface area contributed by atoms with E-state index in [1.54, 1.807) is 18.3 Å². The number of aliphatic hydroxyl groups is 1. The summed E-state index contributed by atoms with van der Waals surface area (Å²) in [6.45, 7) is 0.156. The molecule has 1 aromatic rings. The second-order valence-electron chi connectivity index (χ2n) is 3.02. The van der Waals surface area contributed by atoms with Crippen LogP contribution in [-0.2, 0) is 4.79 Å². The quantitative estimate of drug-likeness (QED) is 0.605. The van der Waals surface area contributed by atoms with Gasteiger partial charge in [0.05, 0.1) is 11.4 Å². The van der Waals surface area contributed by atoms with Crippen molar-refractivity contribution in [1.29, 1.82) is 0 Å². The minimum absolute atomic E-state index is 0.113. The molecule has 0 aromatic carbocycles. The highest BCUT2D eigenvalue weighted by atomic mass is 35.5. The third-order valence-corrected chi connectivity index (χ3v) is 3.06. The van der Waals surface area contributed by atoms with Crippen LogP contribution in [0.5, 0.6) is 0 Å². The summed E-state index contributed by atoms with van der Waals surface area (Å²) in [7, 11) is 0. The molecule has 0 atom stereocenters. The van der Waals surface area contributed by atoms with Crippen LogP contribution in [0.3, 0.4) is 0 Å². The van der Waals surface area contributed by atoms with Crippen LogP contribution in [0.1, 0.15) is 6.42 Å². The van der Waals surface area contributed by atoms with Crippen LogP contribution in [0.2, 0.25) is 5.15 Å². The molecule has 1 aromatic heterocycles. The van der Waals surface area contributed by atoms with Gasteiger partial charge in [0.15, 0.2) is 5.15 Å². The van der Waals surface area contributed by atoms with E-state index >= 15 is 0 Å². The largest absolute Gasteiger partial charge is 0.396 e. The van der Waals surface area contributed by atoms with Gasteiger partial charge in [-0.25, -0.2) is 4.98 Å². The predicted molar refractivity (Wildman–Crippen MR) is 66.9 cm³/mol. The van der Waals surface area contributed by atoms with Crippen LogP contribution in [0, 0.1) is 0 Å². The smallest absolute Gasteiger partial charge is 0.234 e. The number of thioether (sulfide) groups is 1. The maximum Gasteiger partial charge on any atom is 0.234 e. The number of nitrogens with one attached hydrogen (secondary N) is 1. The number of amides is 1. The van der Waals surface area contributed by atoms with E-state index < -0.39 is 0 Å². The highest BCUT2D eigenvalue weighted by Crippen LogP contribution is 2.17. The van der Waals surface area contributed by atoms with E-state index in [9.17, 15) is 4.79 Å². The fourth-order valence-electron chi connectivity index (χ4n) is 0.997. The van der Waals surface area contributed by atoms with Crippen molar-refractivity contribution in [3.63, 3.8) is 0 Å². The Morgan fingerprint density at radius 1 is 1.62 bits per heavy atom. The maximum absolute atomic E-state index is 11.4. The monoisotopic (exact) mass is 260 g/mol. The van der Waals surface area contributed by atoms with E-state index in [0.29, 0.717) is 17.9 Å². The van der Waals surface area contributed by atoms with E-state index in [-0.39, 0.29) is 17.7 Å². The van der Waals surface area contributed by atoms with Crippen LogP contribution in [0.25, 0.3) is 0 Å². The minimum atomic E-state index is -0.113. The summed E-state index contributed by atoms with van der Waals surface area (Å²) in [5.41, 5.74) is 0.525. The van der Waals surface area contributed by atoms with Crippen molar-refractivity contribution in [3.8, 4) is 0 Å². The lowest BCUT2D eigenvalue weighted by Crippen LogP contribution is -2.15. The number of hydrogen-bond donors (Lipinski definition) is 2. The first-order chi connectivity index (χ1) is 7.74. The van der Waals surface area contributed by atoms with Crippen LogP contribution in [0.15, 0.2) is 18.3 Å². The number of halogens is 1. The Morgan fingerprint density at radius 3 is 3.12 bits per heavy atom. The molecule has 0 aliphatic carbocycles. The molecule has 0 radical (unpaired) electrons. The molecule has 1 rings (SSSR count). The van der Waals surface area contributed by atoms with E-state index in [4.69, 9.17) is 16.7 Å². The van der Waals surface area contributed by atoms with Gasteiger partial charge in [-0.2, -0.15) is 11.8 Å². The standard InChI is InChI=1S/C10H13ClN2O2S/c11-10-8(3-1-4-12-10)13-9(15)7-16-6-2-5-14/h1,3-4,14H,2,5-7H2,(H,13,15). The van der Waals surface area contributed by atoms with Crippen molar-refractivity contribution in [2.24, 2.45) is 0 Å². The molecule has 1 heterocycles. The number of hydrogen-bond acceptors (Lipinski definition) is 4. The molecule has 0 saturated heterocycles. The number of anilines is 1. The fraction of sp³-hybridized carbons (Fsp3) is 0.400. The van der Waals surface area contributed by atoms with Crippen molar-refractivity contribution >= 4 is 35.0 Å². The van der Waals surface area contributed by atoms with Gasteiger partial charge in [-0.1, -0.05) is 11.6 Å². The number of rotatable bonds is 6. The zero-order valence-electron chi connectivity index (χ0n) is 8.65. The molecule has 88 valence electrons. The Hall–Kier alpha value is -0.780. The zero-order chi connectivity index (χ0) is 11.8. The zero-order valence-corrected chi connectivity index (χ0v) is 10.2. The molecule has 0 unspecified atom stereocenters. The highest BCUT2D eigenvalue weighted by Gasteiger charge is 2.05. The molecule has 0 spiro atoms. The maximum atomic E-state index is 11.4. The Morgan fingerprint density at radius 2 is 2.44 bits per heavy atom. The van der Waals surface area contributed by atoms with Crippen molar-refractivity contribution in [1.82, 2.24) is 4.98 Å². The first-order valence-corrected chi connectivity index (χ1v) is 6.36. The molecule has 0 saturated carbocycles. The van der Waals surface area contributed by atoms with Gasteiger partial charge in [0.2, 0.25) is 5.91 Å². The topological polar surface area (TPSA) is 62.2 Å². The van der Waals surface area contributed by atoms with Crippen molar-refractivity contribution in [2.45, 2.75) is 6.42 Å². The van der Waals surface area contributed by atoms with Gasteiger partial charge in [0.25, 0.3) is 0 Å². The first-order valence-electron chi connectivity index (χ1n) is 4.83. The number of aliphatic hydroxyl groups excluding tert-OH is 1. The molecule has 6 heteroatoms. The number of aromatic nitrogens is 1. The molecule has 0 aliphatic rings. The number of carbonyl (C=O) groups excluding carboxylic acids is 1. The van der Waals surface area contributed by atoms with Crippen molar-refractivity contribution in [2.75, 3.05) is 23.4 Å². The second kappa shape index (κ2) is 7.49. The van der Waals surface area contributed by atoms with Crippen LogP contribution < -0.4 is 5.32 Å². The second-order valence-corrected chi connectivity index (χ2v) is 4.48. The molecular weight excluding hydrogens is 248 g/mol. The van der Waals surface area contributed by atoms with Gasteiger partial charge >= 0.3 is 0 Å². The SMILES string of the molecule is O=C(CSCCCO)Nc1cccnc1Cl. The Bertz CT molecular complexity index is 349. The van der Waals surface area contributed by atoms with E-state index in [2.05, 4.69) is 10.3 Å². The summed E-state index contributed by atoms with van der Waals surface area (Å²) in [5.74, 6) is 1.01. The molecular formula is C10H13ClN2O2S. The van der Waals surface area contributed by atoms with Gasteiger partial charge in [-0.15, -0.1) is 0 Å². The molecule has 0 aliphatic heterocycles. The predicted octanol–water partition coefficient (Wildman–Crippen LogP) is 1.79. The Labute approximate surface area is 103 Å². The van der Waals surface area contributed by atoms with Crippen LogP contribution >= 0.6 is 23.4 Å². The van der Waals surface area contributed by atoms with Crippen LogP contribution in [-0.4, -0.2) is 34.1 Å². The summed E-state index contributed by atoms with van der Waals surface area (Å²) in [4.78, 5) is 15.3. The lowest BCUT2D eigenvalue weighted by molar-refractivity contribution is -0.113. The van der Waals surface area contributed by atoms with E-state index in [0.717, 1.165) is 5.75 Å². The average Bonchev–Trinajstić information content (AvgIpc) is 2.28. The molecule has 0 bridgehead atoms. The van der Waals surface area contributed by atoms with E-state index in [1.165, 1.54) is 11.8 Å². The van der Waals surface area contributed by atoms with Crippen molar-refractivity contribution < 1.29 is 9.90 Å². The number of nitrogens with zero attached hydrogens (tertiary/aromatic N) is 1. The molecule has 1 amide bonds. The average molecular weight is 261 g/mol. The summed E-state index contributed by atoms with van der Waals surface area (Å²) in [6.07, 6.45) is 2.26. The van der Waals surface area contributed by atoms with Crippen molar-refractivity contribution in [3.05, 3.63) is 23.5 Å². The molecule has 0 fully saturated rings. The Balaban J connectivity index is 2.32. The lowest BCUT2D eigenvalue weighted by atomic mass is 10.4. The summed E-state index contributed by atoms with van der Waals surface area (Å²) in [6, 6.07) is 3.41. The summed E-state index contributed by atoms with van der Waals surface area (Å²) < 4.78 is 0.